The average Bonchev–Trinajstić information content (AvgIpc) is 2.77. The Kier molecular flexibility index (Phi) is 9.73. The minimum atomic E-state index is -4.02. The SMILES string of the molecule is CC[C@@H](C)NC(=O)[C@H](C)N(Cc1ccc(Cl)c(Cl)c1)C(=O)CN(c1ccccc1F)S(C)(=O)=O. The molecule has 0 bridgehead atoms. The average molecular weight is 532 g/mol. The molecule has 0 radical (unpaired) electrons. The highest BCUT2D eigenvalue weighted by atomic mass is 35.5. The molecule has 2 aromatic carbocycles. The number of carbonyl (C=O) groups excluding carboxylic acids is 2. The Hall–Kier alpha value is -2.36. The summed E-state index contributed by atoms with van der Waals surface area (Å²) in [4.78, 5) is 27.5. The summed E-state index contributed by atoms with van der Waals surface area (Å²) in [5.74, 6) is -1.88. The van der Waals surface area contributed by atoms with E-state index in [1.165, 1.54) is 23.1 Å². The number of benzene rings is 2. The van der Waals surface area contributed by atoms with Gasteiger partial charge in [0.1, 0.15) is 18.4 Å². The van der Waals surface area contributed by atoms with E-state index in [4.69, 9.17) is 23.2 Å². The number of nitrogens with one attached hydrogen (secondary N) is 1. The zero-order valence-electron chi connectivity index (χ0n) is 19.4. The molecular weight excluding hydrogens is 504 g/mol. The van der Waals surface area contributed by atoms with E-state index in [1.54, 1.807) is 25.1 Å². The number of hydrogen-bond acceptors (Lipinski definition) is 4. The van der Waals surface area contributed by atoms with E-state index in [9.17, 15) is 22.4 Å². The summed E-state index contributed by atoms with van der Waals surface area (Å²) in [5, 5.41) is 3.42. The van der Waals surface area contributed by atoms with Crippen LogP contribution in [0.3, 0.4) is 0 Å². The van der Waals surface area contributed by atoms with Gasteiger partial charge in [0.15, 0.2) is 0 Å². The van der Waals surface area contributed by atoms with E-state index < -0.39 is 40.2 Å². The molecule has 11 heteroatoms. The fourth-order valence-electron chi connectivity index (χ4n) is 3.13. The van der Waals surface area contributed by atoms with E-state index in [0.29, 0.717) is 21.3 Å². The number of sulfonamides is 1. The van der Waals surface area contributed by atoms with Crippen molar-refractivity contribution in [1.29, 1.82) is 0 Å². The van der Waals surface area contributed by atoms with E-state index in [1.807, 2.05) is 13.8 Å². The first-order valence-electron chi connectivity index (χ1n) is 10.6. The largest absolute Gasteiger partial charge is 0.352 e. The molecule has 0 saturated heterocycles. The normalized spacial score (nSPS) is 13.1. The molecule has 2 aromatic rings. The highest BCUT2D eigenvalue weighted by Gasteiger charge is 2.31. The van der Waals surface area contributed by atoms with Gasteiger partial charge in [0.25, 0.3) is 0 Å². The van der Waals surface area contributed by atoms with Crippen LogP contribution >= 0.6 is 23.2 Å². The number of amides is 2. The Morgan fingerprint density at radius 1 is 1.09 bits per heavy atom. The zero-order valence-corrected chi connectivity index (χ0v) is 21.7. The summed E-state index contributed by atoms with van der Waals surface area (Å²) >= 11 is 12.1. The quantitative estimate of drug-likeness (QED) is 0.496. The molecule has 0 saturated carbocycles. The number of rotatable bonds is 10. The molecule has 1 N–H and O–H groups in total. The van der Waals surface area contributed by atoms with Gasteiger partial charge >= 0.3 is 0 Å². The summed E-state index contributed by atoms with van der Waals surface area (Å²) in [6.45, 7) is 4.55. The monoisotopic (exact) mass is 531 g/mol. The summed E-state index contributed by atoms with van der Waals surface area (Å²) in [6.07, 6.45) is 1.57. The predicted octanol–water partition coefficient (Wildman–Crippen LogP) is 4.23. The van der Waals surface area contributed by atoms with Gasteiger partial charge in [-0.3, -0.25) is 13.9 Å². The highest BCUT2D eigenvalue weighted by molar-refractivity contribution is 7.92. The standard InChI is InChI=1S/C23H28Cl2FN3O4S/c1-5-15(2)27-23(31)16(3)28(13-17-10-11-18(24)19(25)12-17)22(30)14-29(34(4,32)33)21-9-7-6-8-20(21)26/h6-12,15-16H,5,13-14H2,1-4H3,(H,27,31)/t15-,16+/m1/s1. The minimum Gasteiger partial charge on any atom is -0.352 e. The second-order valence-corrected chi connectivity index (χ2v) is 10.7. The molecule has 0 aliphatic carbocycles. The van der Waals surface area contributed by atoms with Gasteiger partial charge in [0.05, 0.1) is 22.0 Å². The van der Waals surface area contributed by atoms with Crippen molar-refractivity contribution in [2.75, 3.05) is 17.1 Å². The fraction of sp³-hybridized carbons (Fsp3) is 0.391. The van der Waals surface area contributed by atoms with Gasteiger partial charge in [-0.25, -0.2) is 12.8 Å². The number of halogens is 3. The molecule has 0 fully saturated rings. The summed E-state index contributed by atoms with van der Waals surface area (Å²) in [7, 11) is -4.02. The van der Waals surface area contributed by atoms with Gasteiger partial charge in [-0.2, -0.15) is 0 Å². The van der Waals surface area contributed by atoms with Gasteiger partial charge in [-0.1, -0.05) is 48.3 Å². The Bertz CT molecular complexity index is 1150. The summed E-state index contributed by atoms with van der Waals surface area (Å²) in [5.41, 5.74) is 0.326. The maximum atomic E-state index is 14.4. The lowest BCUT2D eigenvalue weighted by atomic mass is 10.1. The highest BCUT2D eigenvalue weighted by Crippen LogP contribution is 2.25. The Balaban J connectivity index is 2.42. The van der Waals surface area contributed by atoms with E-state index in [2.05, 4.69) is 5.32 Å². The molecule has 2 rings (SSSR count). The third kappa shape index (κ3) is 7.32. The molecule has 0 heterocycles. The van der Waals surface area contributed by atoms with Crippen molar-refractivity contribution < 1.29 is 22.4 Å². The molecule has 7 nitrogen and oxygen atoms in total. The van der Waals surface area contributed by atoms with Crippen molar-refractivity contribution in [3.8, 4) is 0 Å². The number of anilines is 1. The molecule has 0 aliphatic rings. The molecule has 2 amide bonds. The number of para-hydroxylation sites is 1. The molecule has 0 aliphatic heterocycles. The van der Waals surface area contributed by atoms with Gasteiger partial charge < -0.3 is 10.2 Å². The Morgan fingerprint density at radius 3 is 2.29 bits per heavy atom. The van der Waals surface area contributed by atoms with E-state index in [0.717, 1.165) is 12.3 Å². The predicted molar refractivity (Wildman–Crippen MR) is 133 cm³/mol. The van der Waals surface area contributed by atoms with E-state index in [-0.39, 0.29) is 23.3 Å². The molecule has 34 heavy (non-hydrogen) atoms. The topological polar surface area (TPSA) is 86.8 Å². The van der Waals surface area contributed by atoms with Crippen LogP contribution < -0.4 is 9.62 Å². The van der Waals surface area contributed by atoms with Crippen LogP contribution in [-0.2, 0) is 26.2 Å². The Labute approximate surface area is 209 Å². The van der Waals surface area contributed by atoms with Crippen LogP contribution in [0.2, 0.25) is 10.0 Å². The van der Waals surface area contributed by atoms with Gasteiger partial charge in [0, 0.05) is 12.6 Å². The maximum Gasteiger partial charge on any atom is 0.244 e. The molecule has 0 unspecified atom stereocenters. The van der Waals surface area contributed by atoms with Crippen molar-refractivity contribution in [2.45, 2.75) is 45.8 Å². The van der Waals surface area contributed by atoms with Crippen LogP contribution in [0.1, 0.15) is 32.8 Å². The summed E-state index contributed by atoms with van der Waals surface area (Å²) < 4.78 is 40.0. The second-order valence-electron chi connectivity index (χ2n) is 7.99. The lowest BCUT2D eigenvalue weighted by Crippen LogP contribution is -2.52. The van der Waals surface area contributed by atoms with Crippen LogP contribution in [0, 0.1) is 5.82 Å². The first-order chi connectivity index (χ1) is 15.8. The fourth-order valence-corrected chi connectivity index (χ4v) is 4.30. The molecule has 0 spiro atoms. The third-order valence-corrected chi connectivity index (χ3v) is 7.17. The maximum absolute atomic E-state index is 14.4. The van der Waals surface area contributed by atoms with Crippen LogP contribution in [0.15, 0.2) is 42.5 Å². The van der Waals surface area contributed by atoms with Crippen molar-refractivity contribution in [3.05, 3.63) is 63.9 Å². The van der Waals surface area contributed by atoms with Crippen molar-refractivity contribution >= 4 is 50.7 Å². The first-order valence-corrected chi connectivity index (χ1v) is 13.2. The van der Waals surface area contributed by atoms with Gasteiger partial charge in [0.2, 0.25) is 21.8 Å². The lowest BCUT2D eigenvalue weighted by molar-refractivity contribution is -0.139. The number of nitrogens with zero attached hydrogens (tertiary/aromatic N) is 2. The van der Waals surface area contributed by atoms with E-state index >= 15 is 0 Å². The molecule has 0 aromatic heterocycles. The smallest absolute Gasteiger partial charge is 0.244 e. The van der Waals surface area contributed by atoms with Crippen molar-refractivity contribution in [3.63, 3.8) is 0 Å². The Morgan fingerprint density at radius 2 is 1.74 bits per heavy atom. The second kappa shape index (κ2) is 11.9. The molecular formula is C23H28Cl2FN3O4S. The third-order valence-electron chi connectivity index (χ3n) is 5.31. The number of carbonyl (C=O) groups is 2. The van der Waals surface area contributed by atoms with Crippen LogP contribution in [0.4, 0.5) is 10.1 Å². The zero-order chi connectivity index (χ0) is 25.6. The lowest BCUT2D eigenvalue weighted by Gasteiger charge is -2.32. The first kappa shape index (κ1) is 27.9. The van der Waals surface area contributed by atoms with Crippen LogP contribution in [-0.4, -0.2) is 50.0 Å². The van der Waals surface area contributed by atoms with Crippen LogP contribution in [0.25, 0.3) is 0 Å². The van der Waals surface area contributed by atoms with Crippen LogP contribution in [0.5, 0.6) is 0 Å². The van der Waals surface area contributed by atoms with Gasteiger partial charge in [-0.05, 0) is 50.1 Å². The molecule has 2 atom stereocenters. The molecule has 186 valence electrons. The van der Waals surface area contributed by atoms with Crippen molar-refractivity contribution in [2.24, 2.45) is 0 Å². The minimum absolute atomic E-state index is 0.0420. The summed E-state index contributed by atoms with van der Waals surface area (Å²) in [6, 6.07) is 8.97. The van der Waals surface area contributed by atoms with Crippen molar-refractivity contribution in [1.82, 2.24) is 10.2 Å². The van der Waals surface area contributed by atoms with Gasteiger partial charge in [-0.15, -0.1) is 0 Å². The number of hydrogen-bond donors (Lipinski definition) is 1.